The summed E-state index contributed by atoms with van der Waals surface area (Å²) in [7, 11) is 0. The highest BCUT2D eigenvalue weighted by Crippen LogP contribution is 2.16. The van der Waals surface area contributed by atoms with E-state index in [-0.39, 0.29) is 11.9 Å². The number of rotatable bonds is 5. The first kappa shape index (κ1) is 16.3. The Morgan fingerprint density at radius 2 is 2.19 bits per heavy atom. The molecule has 0 saturated carbocycles. The van der Waals surface area contributed by atoms with Crippen LogP contribution in [0, 0.1) is 0 Å². The lowest BCUT2D eigenvalue weighted by atomic mass is 10.0. The van der Waals surface area contributed by atoms with E-state index in [1.54, 1.807) is 0 Å². The summed E-state index contributed by atoms with van der Waals surface area (Å²) in [5.74, 6) is 0.118. The highest BCUT2D eigenvalue weighted by Gasteiger charge is 2.31. The maximum atomic E-state index is 12.2. The zero-order chi connectivity index (χ0) is 15.2. The number of piperazine rings is 1. The number of amides is 1. The summed E-state index contributed by atoms with van der Waals surface area (Å²) < 4.78 is 0. The first-order chi connectivity index (χ1) is 10.1. The lowest BCUT2D eigenvalue weighted by Gasteiger charge is -2.39. The predicted molar refractivity (Wildman–Crippen MR) is 86.7 cm³/mol. The van der Waals surface area contributed by atoms with E-state index in [0.717, 1.165) is 31.1 Å². The third kappa shape index (κ3) is 4.43. The summed E-state index contributed by atoms with van der Waals surface area (Å²) in [6.07, 6.45) is 0.924. The van der Waals surface area contributed by atoms with Crippen molar-refractivity contribution in [2.75, 3.05) is 26.2 Å². The topological polar surface area (TPSA) is 44.4 Å². The number of carbonyl (C=O) groups excluding carboxylic acids is 1. The van der Waals surface area contributed by atoms with E-state index in [0.29, 0.717) is 12.6 Å². The predicted octanol–water partition coefficient (Wildman–Crippen LogP) is 1.68. The molecule has 1 saturated heterocycles. The van der Waals surface area contributed by atoms with Crippen LogP contribution in [0.4, 0.5) is 0 Å². The van der Waals surface area contributed by atoms with Gasteiger partial charge in [-0.05, 0) is 38.0 Å². The summed E-state index contributed by atoms with van der Waals surface area (Å²) in [4.78, 5) is 14.5. The highest BCUT2D eigenvalue weighted by molar-refractivity contribution is 6.30. The summed E-state index contributed by atoms with van der Waals surface area (Å²) in [6.45, 7) is 7.37. The number of nitrogens with one attached hydrogen (secondary N) is 2. The fraction of sp³-hybridized carbons (Fsp3) is 0.562. The Morgan fingerprint density at radius 1 is 1.48 bits per heavy atom. The van der Waals surface area contributed by atoms with Crippen molar-refractivity contribution >= 4 is 17.5 Å². The van der Waals surface area contributed by atoms with Crippen molar-refractivity contribution in [3.8, 4) is 0 Å². The van der Waals surface area contributed by atoms with Crippen molar-refractivity contribution < 1.29 is 4.79 Å². The Morgan fingerprint density at radius 3 is 2.86 bits per heavy atom. The number of benzene rings is 1. The molecule has 0 spiro atoms. The molecule has 21 heavy (non-hydrogen) atoms. The smallest absolute Gasteiger partial charge is 0.238 e. The number of hydrogen-bond donors (Lipinski definition) is 2. The first-order valence-electron chi connectivity index (χ1n) is 7.60. The van der Waals surface area contributed by atoms with Crippen LogP contribution in [-0.2, 0) is 11.2 Å². The molecule has 2 unspecified atom stereocenters. The molecule has 4 nitrogen and oxygen atoms in total. The minimum absolute atomic E-state index is 0.0824. The van der Waals surface area contributed by atoms with Crippen molar-refractivity contribution in [1.29, 1.82) is 0 Å². The van der Waals surface area contributed by atoms with Crippen LogP contribution in [0.2, 0.25) is 5.02 Å². The zero-order valence-electron chi connectivity index (χ0n) is 12.7. The Balaban J connectivity index is 2.02. The third-order valence-corrected chi connectivity index (χ3v) is 4.20. The van der Waals surface area contributed by atoms with Gasteiger partial charge in [0.25, 0.3) is 0 Å². The van der Waals surface area contributed by atoms with Crippen molar-refractivity contribution in [3.63, 3.8) is 0 Å². The molecule has 1 heterocycles. The van der Waals surface area contributed by atoms with Crippen molar-refractivity contribution in [2.45, 2.75) is 32.4 Å². The second-order valence-electron chi connectivity index (χ2n) is 5.53. The molecule has 1 aliphatic rings. The molecule has 2 atom stereocenters. The van der Waals surface area contributed by atoms with E-state index in [1.165, 1.54) is 5.56 Å². The van der Waals surface area contributed by atoms with Gasteiger partial charge in [-0.25, -0.2) is 0 Å². The maximum Gasteiger partial charge on any atom is 0.238 e. The Labute approximate surface area is 131 Å². The molecule has 1 aromatic carbocycles. The van der Waals surface area contributed by atoms with E-state index >= 15 is 0 Å². The summed E-state index contributed by atoms with van der Waals surface area (Å²) >= 11 is 5.92. The van der Waals surface area contributed by atoms with Crippen molar-refractivity contribution in [3.05, 3.63) is 34.9 Å². The average Bonchev–Trinajstić information content (AvgIpc) is 2.50. The molecule has 116 valence electrons. The SMILES string of the molecule is CCNC(=O)C1CNCCN1C(C)Cc1ccc(Cl)cc1. The zero-order valence-corrected chi connectivity index (χ0v) is 13.5. The maximum absolute atomic E-state index is 12.2. The molecular weight excluding hydrogens is 286 g/mol. The molecule has 0 bridgehead atoms. The first-order valence-corrected chi connectivity index (χ1v) is 7.98. The van der Waals surface area contributed by atoms with Crippen LogP contribution in [0.3, 0.4) is 0 Å². The number of hydrogen-bond acceptors (Lipinski definition) is 3. The van der Waals surface area contributed by atoms with E-state index < -0.39 is 0 Å². The van der Waals surface area contributed by atoms with Crippen LogP contribution in [-0.4, -0.2) is 49.1 Å². The van der Waals surface area contributed by atoms with Crippen LogP contribution in [0.1, 0.15) is 19.4 Å². The van der Waals surface area contributed by atoms with E-state index in [1.807, 2.05) is 19.1 Å². The molecule has 1 aliphatic heterocycles. The van der Waals surface area contributed by atoms with Crippen LogP contribution in [0.25, 0.3) is 0 Å². The van der Waals surface area contributed by atoms with Gasteiger partial charge in [0.1, 0.15) is 6.04 Å². The minimum atomic E-state index is -0.0824. The van der Waals surface area contributed by atoms with Crippen LogP contribution < -0.4 is 10.6 Å². The Kier molecular flexibility index (Phi) is 6.03. The van der Waals surface area contributed by atoms with Crippen LogP contribution in [0.5, 0.6) is 0 Å². The molecule has 1 fully saturated rings. The molecule has 1 amide bonds. The number of likely N-dealkylation sites (N-methyl/N-ethyl adjacent to an activating group) is 1. The number of nitrogens with zero attached hydrogens (tertiary/aromatic N) is 1. The highest BCUT2D eigenvalue weighted by atomic mass is 35.5. The van der Waals surface area contributed by atoms with E-state index in [2.05, 4.69) is 34.6 Å². The summed E-state index contributed by atoms with van der Waals surface area (Å²) in [5, 5.41) is 7.00. The minimum Gasteiger partial charge on any atom is -0.355 e. The Hall–Kier alpha value is -1.10. The summed E-state index contributed by atoms with van der Waals surface area (Å²) in [5.41, 5.74) is 1.25. The van der Waals surface area contributed by atoms with Gasteiger partial charge in [0.15, 0.2) is 0 Å². The normalized spacial score (nSPS) is 21.0. The van der Waals surface area contributed by atoms with Gasteiger partial charge >= 0.3 is 0 Å². The standard InChI is InChI=1S/C16H24ClN3O/c1-3-19-16(21)15-11-18-8-9-20(15)12(2)10-13-4-6-14(17)7-5-13/h4-7,12,15,18H,3,8-11H2,1-2H3,(H,19,21). The lowest BCUT2D eigenvalue weighted by molar-refractivity contribution is -0.127. The molecular formula is C16H24ClN3O. The van der Waals surface area contributed by atoms with Crippen LogP contribution >= 0.6 is 11.6 Å². The van der Waals surface area contributed by atoms with Gasteiger partial charge in [-0.15, -0.1) is 0 Å². The van der Waals surface area contributed by atoms with Gasteiger partial charge in [-0.1, -0.05) is 23.7 Å². The second kappa shape index (κ2) is 7.78. The quantitative estimate of drug-likeness (QED) is 0.870. The fourth-order valence-electron chi connectivity index (χ4n) is 2.86. The van der Waals surface area contributed by atoms with Gasteiger partial charge < -0.3 is 10.6 Å². The summed E-state index contributed by atoms with van der Waals surface area (Å²) in [6, 6.07) is 8.19. The lowest BCUT2D eigenvalue weighted by Crippen LogP contribution is -2.60. The second-order valence-corrected chi connectivity index (χ2v) is 5.97. The van der Waals surface area contributed by atoms with Gasteiger partial charge in [0.05, 0.1) is 0 Å². The van der Waals surface area contributed by atoms with Gasteiger partial charge in [0.2, 0.25) is 5.91 Å². The van der Waals surface area contributed by atoms with Crippen LogP contribution in [0.15, 0.2) is 24.3 Å². The van der Waals surface area contributed by atoms with E-state index in [4.69, 9.17) is 11.6 Å². The van der Waals surface area contributed by atoms with Gasteiger partial charge in [0, 0.05) is 37.2 Å². The molecule has 0 aromatic heterocycles. The third-order valence-electron chi connectivity index (χ3n) is 3.95. The molecule has 2 N–H and O–H groups in total. The average molecular weight is 310 g/mol. The molecule has 5 heteroatoms. The molecule has 2 rings (SSSR count). The van der Waals surface area contributed by atoms with E-state index in [9.17, 15) is 4.79 Å². The molecule has 0 radical (unpaired) electrons. The van der Waals surface area contributed by atoms with Crippen molar-refractivity contribution in [1.82, 2.24) is 15.5 Å². The van der Waals surface area contributed by atoms with Crippen molar-refractivity contribution in [2.24, 2.45) is 0 Å². The Bertz CT molecular complexity index is 463. The molecule has 1 aromatic rings. The monoisotopic (exact) mass is 309 g/mol. The van der Waals surface area contributed by atoms with Gasteiger partial charge in [-0.2, -0.15) is 0 Å². The fourth-order valence-corrected chi connectivity index (χ4v) is 2.99. The molecule has 0 aliphatic carbocycles. The largest absolute Gasteiger partial charge is 0.355 e. The van der Waals surface area contributed by atoms with Gasteiger partial charge in [-0.3, -0.25) is 9.69 Å². The number of halogens is 1. The number of carbonyl (C=O) groups is 1.